The van der Waals surface area contributed by atoms with Gasteiger partial charge >= 0.3 is 0 Å². The normalized spacial score (nSPS) is 13.8. The third kappa shape index (κ3) is 5.76. The van der Waals surface area contributed by atoms with Gasteiger partial charge in [-0.3, -0.25) is 0 Å². The molecule has 0 unspecified atom stereocenters. The van der Waals surface area contributed by atoms with Crippen LogP contribution >= 0.6 is 0 Å². The molecule has 10 aromatic carbocycles. The molecule has 0 saturated carbocycles. The van der Waals surface area contributed by atoms with Crippen LogP contribution in [0.3, 0.4) is 0 Å². The molecule has 2 aliphatic rings. The average Bonchev–Trinajstić information content (AvgIpc) is 3.84. The first-order chi connectivity index (χ1) is 32.9. The fraction of sp³-hybridized carbons (Fsp3) is 0.0769. The number of hydrogen-bond donors (Lipinski definition) is 0. The third-order valence-electron chi connectivity index (χ3n) is 15.0. The standard InChI is InChI=1S/C65H48N2/c1-43-40-46(32-38-60(43)66(50-34-30-45(31-35-50)44-18-7-4-8-19-44)51-36-37-53-52-24-13-14-26-56(52)64(2,3)59(53)42-51)47-33-39-61-55(41-47)54-25-17-28-58-63(54)67(61)62-29-16-15-27-57(62)65(58,48-20-9-5-10-21-48)49-22-11-6-12-23-49/h4-42H,1-3H3. The fourth-order valence-corrected chi connectivity index (χ4v) is 11.9. The Kier molecular flexibility index (Phi) is 8.73. The highest BCUT2D eigenvalue weighted by atomic mass is 15.1. The summed E-state index contributed by atoms with van der Waals surface area (Å²) >= 11 is 0. The van der Waals surface area contributed by atoms with Gasteiger partial charge in [-0.25, -0.2) is 0 Å². The molecule has 2 nitrogen and oxygen atoms in total. The summed E-state index contributed by atoms with van der Waals surface area (Å²) < 4.78 is 2.52. The molecule has 13 rings (SSSR count). The number of benzene rings is 10. The Hall–Kier alpha value is -8.20. The summed E-state index contributed by atoms with van der Waals surface area (Å²) in [7, 11) is 0. The summed E-state index contributed by atoms with van der Waals surface area (Å²) in [5.41, 5.74) is 23.1. The van der Waals surface area contributed by atoms with E-state index in [1.165, 1.54) is 99.8 Å². The van der Waals surface area contributed by atoms with Crippen molar-refractivity contribution in [3.8, 4) is 39.1 Å². The van der Waals surface area contributed by atoms with Gasteiger partial charge in [-0.15, -0.1) is 0 Å². The molecule has 0 amide bonds. The largest absolute Gasteiger partial charge is 0.310 e. The zero-order valence-electron chi connectivity index (χ0n) is 37.9. The monoisotopic (exact) mass is 856 g/mol. The van der Waals surface area contributed by atoms with Crippen LogP contribution in [-0.2, 0) is 10.8 Å². The molecule has 1 aromatic heterocycles. The minimum atomic E-state index is -0.495. The molecule has 0 saturated heterocycles. The van der Waals surface area contributed by atoms with Crippen molar-refractivity contribution in [3.63, 3.8) is 0 Å². The van der Waals surface area contributed by atoms with Crippen molar-refractivity contribution in [2.75, 3.05) is 4.90 Å². The highest BCUT2D eigenvalue weighted by Gasteiger charge is 2.45. The zero-order chi connectivity index (χ0) is 44.9. The molecule has 2 heteroatoms. The summed E-state index contributed by atoms with van der Waals surface area (Å²) in [6.07, 6.45) is 0. The zero-order valence-corrected chi connectivity index (χ0v) is 37.9. The van der Waals surface area contributed by atoms with Crippen LogP contribution in [0.5, 0.6) is 0 Å². The van der Waals surface area contributed by atoms with E-state index in [-0.39, 0.29) is 5.41 Å². The van der Waals surface area contributed by atoms with Gasteiger partial charge in [0.05, 0.1) is 22.1 Å². The molecule has 1 aliphatic carbocycles. The Morgan fingerprint density at radius 1 is 0.388 bits per heavy atom. The summed E-state index contributed by atoms with van der Waals surface area (Å²) in [5.74, 6) is 0. The number of fused-ring (bicyclic) bond motifs is 8. The quantitative estimate of drug-likeness (QED) is 0.155. The maximum absolute atomic E-state index is 2.52. The SMILES string of the molecule is Cc1cc(-c2ccc3c(c2)c2cccc4c2n3-c2ccccc2C4(c2ccccc2)c2ccccc2)ccc1N(c1ccc(-c2ccccc2)cc1)c1ccc2c(c1)C(C)(C)c1ccccc1-2. The number of aromatic nitrogens is 1. The highest BCUT2D eigenvalue weighted by molar-refractivity contribution is 6.13. The van der Waals surface area contributed by atoms with Gasteiger partial charge in [0.2, 0.25) is 0 Å². The van der Waals surface area contributed by atoms with Gasteiger partial charge in [0.25, 0.3) is 0 Å². The molecule has 1 aliphatic heterocycles. The van der Waals surface area contributed by atoms with Crippen molar-refractivity contribution in [1.82, 2.24) is 4.57 Å². The van der Waals surface area contributed by atoms with Gasteiger partial charge in [-0.05, 0) is 134 Å². The minimum absolute atomic E-state index is 0.113. The average molecular weight is 857 g/mol. The molecule has 11 aromatic rings. The number of rotatable bonds is 7. The van der Waals surface area contributed by atoms with Gasteiger partial charge in [0, 0.05) is 33.2 Å². The van der Waals surface area contributed by atoms with Gasteiger partial charge < -0.3 is 9.47 Å². The number of aryl methyl sites for hydroxylation is 1. The second-order valence-electron chi connectivity index (χ2n) is 18.9. The first kappa shape index (κ1) is 39.2. The maximum atomic E-state index is 2.52. The van der Waals surface area contributed by atoms with Crippen molar-refractivity contribution in [2.45, 2.75) is 31.6 Å². The van der Waals surface area contributed by atoms with Crippen molar-refractivity contribution < 1.29 is 0 Å². The Balaban J connectivity index is 0.959. The van der Waals surface area contributed by atoms with E-state index in [0.29, 0.717) is 0 Å². The van der Waals surface area contributed by atoms with Crippen LogP contribution in [0, 0.1) is 6.92 Å². The van der Waals surface area contributed by atoms with Gasteiger partial charge in [0.1, 0.15) is 0 Å². The molecule has 0 N–H and O–H groups in total. The third-order valence-corrected chi connectivity index (χ3v) is 15.0. The van der Waals surface area contributed by atoms with E-state index in [1.54, 1.807) is 0 Å². The Morgan fingerprint density at radius 2 is 0.955 bits per heavy atom. The molecular weight excluding hydrogens is 809 g/mol. The predicted octanol–water partition coefficient (Wildman–Crippen LogP) is 16.9. The number of para-hydroxylation sites is 2. The molecule has 0 radical (unpaired) electrons. The summed E-state index contributed by atoms with van der Waals surface area (Å²) in [6, 6.07) is 87.9. The van der Waals surface area contributed by atoms with Crippen LogP contribution in [0.4, 0.5) is 17.1 Å². The Morgan fingerprint density at radius 3 is 1.69 bits per heavy atom. The van der Waals surface area contributed by atoms with Crippen molar-refractivity contribution in [2.24, 2.45) is 0 Å². The van der Waals surface area contributed by atoms with Gasteiger partial charge in [-0.2, -0.15) is 0 Å². The predicted molar refractivity (Wildman–Crippen MR) is 281 cm³/mol. The molecule has 0 bridgehead atoms. The van der Waals surface area contributed by atoms with E-state index in [9.17, 15) is 0 Å². The lowest BCUT2D eigenvalue weighted by molar-refractivity contribution is 0.660. The first-order valence-corrected chi connectivity index (χ1v) is 23.5. The van der Waals surface area contributed by atoms with Crippen LogP contribution in [0.15, 0.2) is 237 Å². The second kappa shape index (κ2) is 14.9. The topological polar surface area (TPSA) is 8.17 Å². The lowest BCUT2D eigenvalue weighted by Gasteiger charge is -2.41. The number of hydrogen-bond acceptors (Lipinski definition) is 1. The van der Waals surface area contributed by atoms with E-state index in [4.69, 9.17) is 0 Å². The molecule has 0 atom stereocenters. The van der Waals surface area contributed by atoms with Crippen LogP contribution < -0.4 is 4.90 Å². The van der Waals surface area contributed by atoms with E-state index in [2.05, 4.69) is 267 Å². The maximum Gasteiger partial charge on any atom is 0.0742 e. The molecule has 67 heavy (non-hydrogen) atoms. The van der Waals surface area contributed by atoms with Crippen molar-refractivity contribution >= 4 is 38.9 Å². The van der Waals surface area contributed by atoms with Crippen LogP contribution in [0.2, 0.25) is 0 Å². The fourth-order valence-electron chi connectivity index (χ4n) is 11.9. The number of nitrogens with zero attached hydrogens (tertiary/aromatic N) is 2. The van der Waals surface area contributed by atoms with E-state index < -0.39 is 5.41 Å². The van der Waals surface area contributed by atoms with E-state index in [0.717, 1.165) is 17.1 Å². The van der Waals surface area contributed by atoms with Crippen molar-refractivity contribution in [3.05, 3.63) is 276 Å². The highest BCUT2D eigenvalue weighted by Crippen LogP contribution is 2.55. The van der Waals surface area contributed by atoms with Crippen LogP contribution in [0.25, 0.3) is 60.9 Å². The molecule has 318 valence electrons. The Labute approximate surface area is 392 Å². The molecule has 2 heterocycles. The number of anilines is 3. The molecular formula is C65H48N2. The summed E-state index contributed by atoms with van der Waals surface area (Å²) in [5, 5.41) is 2.52. The van der Waals surface area contributed by atoms with Gasteiger partial charge in [-0.1, -0.05) is 196 Å². The Bertz CT molecular complexity index is 3670. The minimum Gasteiger partial charge on any atom is -0.310 e. The lowest BCUT2D eigenvalue weighted by Crippen LogP contribution is -2.35. The van der Waals surface area contributed by atoms with Crippen molar-refractivity contribution in [1.29, 1.82) is 0 Å². The van der Waals surface area contributed by atoms with Gasteiger partial charge in [0.15, 0.2) is 0 Å². The van der Waals surface area contributed by atoms with Crippen LogP contribution in [-0.4, -0.2) is 4.57 Å². The van der Waals surface area contributed by atoms with Crippen LogP contribution in [0.1, 0.15) is 52.8 Å². The smallest absolute Gasteiger partial charge is 0.0742 e. The summed E-state index contributed by atoms with van der Waals surface area (Å²) in [6.45, 7) is 6.99. The molecule has 0 spiro atoms. The molecule has 0 fully saturated rings. The lowest BCUT2D eigenvalue weighted by atomic mass is 9.63. The van der Waals surface area contributed by atoms with E-state index in [1.807, 2.05) is 0 Å². The summed E-state index contributed by atoms with van der Waals surface area (Å²) in [4.78, 5) is 2.45. The van der Waals surface area contributed by atoms with E-state index >= 15 is 0 Å². The first-order valence-electron chi connectivity index (χ1n) is 23.5. The second-order valence-corrected chi connectivity index (χ2v) is 18.9.